The Labute approximate surface area is 168 Å². The van der Waals surface area contributed by atoms with Gasteiger partial charge < -0.3 is 4.74 Å². The normalized spacial score (nSPS) is 11.4. The average Bonchev–Trinajstić information content (AvgIpc) is 3.27. The van der Waals surface area contributed by atoms with Crippen molar-refractivity contribution >= 4 is 16.7 Å². The van der Waals surface area contributed by atoms with E-state index in [2.05, 4.69) is 35.6 Å². The second kappa shape index (κ2) is 6.74. The van der Waals surface area contributed by atoms with Gasteiger partial charge in [0.1, 0.15) is 12.1 Å². The Morgan fingerprint density at radius 1 is 0.931 bits per heavy atom. The van der Waals surface area contributed by atoms with Gasteiger partial charge in [-0.05, 0) is 49.2 Å². The Balaban J connectivity index is 1.67. The molecule has 0 bridgehead atoms. The molecule has 6 nitrogen and oxygen atoms in total. The van der Waals surface area contributed by atoms with E-state index in [0.29, 0.717) is 6.42 Å². The van der Waals surface area contributed by atoms with Crippen molar-refractivity contribution in [3.63, 3.8) is 0 Å². The molecule has 0 unspecified atom stereocenters. The number of hydrogen-bond acceptors (Lipinski definition) is 4. The third-order valence-corrected chi connectivity index (χ3v) is 5.41. The van der Waals surface area contributed by atoms with E-state index >= 15 is 0 Å². The maximum absolute atomic E-state index is 5.29. The number of nitrogens with zero attached hydrogens (tertiary/aromatic N) is 5. The molecule has 0 amide bonds. The lowest BCUT2D eigenvalue weighted by atomic mass is 10.1. The van der Waals surface area contributed by atoms with Gasteiger partial charge in [-0.2, -0.15) is 0 Å². The van der Waals surface area contributed by atoms with Crippen molar-refractivity contribution in [2.45, 2.75) is 20.3 Å². The maximum Gasteiger partial charge on any atom is 0.168 e. The monoisotopic (exact) mass is 383 g/mol. The molecular formula is C23H21N5O. The van der Waals surface area contributed by atoms with E-state index in [4.69, 9.17) is 14.7 Å². The van der Waals surface area contributed by atoms with Crippen molar-refractivity contribution in [3.8, 4) is 11.4 Å². The molecule has 0 saturated carbocycles. The maximum atomic E-state index is 5.29. The summed E-state index contributed by atoms with van der Waals surface area (Å²) >= 11 is 0. The summed E-state index contributed by atoms with van der Waals surface area (Å²) in [5.74, 6) is 1.62. The summed E-state index contributed by atoms with van der Waals surface area (Å²) in [5.41, 5.74) is 6.26. The van der Waals surface area contributed by atoms with E-state index in [9.17, 15) is 0 Å². The van der Waals surface area contributed by atoms with Crippen LogP contribution < -0.4 is 4.74 Å². The van der Waals surface area contributed by atoms with E-state index < -0.39 is 0 Å². The lowest BCUT2D eigenvalue weighted by Crippen LogP contribution is -1.99. The minimum atomic E-state index is 0.696. The van der Waals surface area contributed by atoms with E-state index in [-0.39, 0.29) is 0 Å². The molecule has 0 saturated heterocycles. The zero-order valence-electron chi connectivity index (χ0n) is 16.6. The van der Waals surface area contributed by atoms with Crippen LogP contribution in [-0.2, 0) is 6.42 Å². The molecule has 2 aromatic carbocycles. The number of methoxy groups -OCH3 is 1. The minimum Gasteiger partial charge on any atom is -0.497 e. The van der Waals surface area contributed by atoms with Crippen molar-refractivity contribution < 1.29 is 4.74 Å². The number of hydrogen-bond donors (Lipinski definition) is 0. The van der Waals surface area contributed by atoms with Crippen molar-refractivity contribution in [1.82, 2.24) is 24.1 Å². The van der Waals surface area contributed by atoms with Gasteiger partial charge in [0.25, 0.3) is 0 Å². The largest absolute Gasteiger partial charge is 0.497 e. The third kappa shape index (κ3) is 2.84. The van der Waals surface area contributed by atoms with Crippen LogP contribution >= 0.6 is 0 Å². The minimum absolute atomic E-state index is 0.696. The molecule has 29 heavy (non-hydrogen) atoms. The summed E-state index contributed by atoms with van der Waals surface area (Å²) in [7, 11) is 1.67. The first-order valence-electron chi connectivity index (χ1n) is 9.56. The van der Waals surface area contributed by atoms with E-state index in [1.165, 1.54) is 5.56 Å². The number of fused-ring (bicyclic) bond motifs is 3. The van der Waals surface area contributed by atoms with Crippen molar-refractivity contribution in [2.24, 2.45) is 0 Å². The lowest BCUT2D eigenvalue weighted by molar-refractivity contribution is 0.415. The zero-order chi connectivity index (χ0) is 20.0. The summed E-state index contributed by atoms with van der Waals surface area (Å²) < 4.78 is 9.24. The molecule has 3 heterocycles. The molecule has 0 spiro atoms. The topological polar surface area (TPSA) is 57.2 Å². The van der Waals surface area contributed by atoms with Crippen LogP contribution in [0.25, 0.3) is 22.4 Å². The smallest absolute Gasteiger partial charge is 0.168 e. The number of aryl methyl sites for hydroxylation is 1. The Morgan fingerprint density at radius 3 is 2.41 bits per heavy atom. The van der Waals surface area contributed by atoms with Crippen LogP contribution in [0.1, 0.15) is 22.6 Å². The molecule has 0 atom stereocenters. The molecule has 0 N–H and O–H groups in total. The molecule has 5 aromatic rings. The molecule has 5 rings (SSSR count). The molecule has 144 valence electrons. The fourth-order valence-corrected chi connectivity index (χ4v) is 3.81. The van der Waals surface area contributed by atoms with Crippen LogP contribution in [0.15, 0.2) is 60.9 Å². The number of aromatic nitrogens is 5. The Morgan fingerprint density at radius 2 is 1.69 bits per heavy atom. The molecule has 0 aliphatic heterocycles. The SMILES string of the molecule is COc1ccc(-n2c(C)c(C)c3c2ncn2nc(Cc4ccccc4)nc32)cc1. The Kier molecular flexibility index (Phi) is 4.05. The second-order valence-electron chi connectivity index (χ2n) is 7.15. The van der Waals surface area contributed by atoms with Gasteiger partial charge in [-0.25, -0.2) is 14.5 Å². The van der Waals surface area contributed by atoms with Crippen LogP contribution in [0, 0.1) is 13.8 Å². The van der Waals surface area contributed by atoms with Crippen molar-refractivity contribution in [1.29, 1.82) is 0 Å². The van der Waals surface area contributed by atoms with Crippen LogP contribution in [0.5, 0.6) is 5.75 Å². The first-order chi connectivity index (χ1) is 14.2. The Bertz CT molecular complexity index is 1320. The first-order valence-corrected chi connectivity index (χ1v) is 9.56. The molecule has 0 fully saturated rings. The predicted octanol–water partition coefficient (Wildman–Crippen LogP) is 4.28. The zero-order valence-corrected chi connectivity index (χ0v) is 16.6. The molecule has 3 aromatic heterocycles. The third-order valence-electron chi connectivity index (χ3n) is 5.41. The van der Waals surface area contributed by atoms with Gasteiger partial charge in [0, 0.05) is 17.8 Å². The second-order valence-corrected chi connectivity index (χ2v) is 7.15. The fraction of sp³-hybridized carbons (Fsp3) is 0.174. The highest BCUT2D eigenvalue weighted by Gasteiger charge is 2.19. The van der Waals surface area contributed by atoms with Crippen molar-refractivity contribution in [3.05, 3.63) is 83.6 Å². The highest BCUT2D eigenvalue weighted by atomic mass is 16.5. The summed E-state index contributed by atoms with van der Waals surface area (Å²) in [6, 6.07) is 18.3. The molecule has 0 aliphatic carbocycles. The van der Waals surface area contributed by atoms with Crippen LogP contribution in [0.4, 0.5) is 0 Å². The lowest BCUT2D eigenvalue weighted by Gasteiger charge is -2.08. The quantitative estimate of drug-likeness (QED) is 0.465. The number of ether oxygens (including phenoxy) is 1. The van der Waals surface area contributed by atoms with Gasteiger partial charge >= 0.3 is 0 Å². The van der Waals surface area contributed by atoms with Gasteiger partial charge in [0.15, 0.2) is 17.1 Å². The predicted molar refractivity (Wildman–Crippen MR) is 113 cm³/mol. The van der Waals surface area contributed by atoms with E-state index in [1.807, 2.05) is 42.5 Å². The van der Waals surface area contributed by atoms with Crippen molar-refractivity contribution in [2.75, 3.05) is 7.11 Å². The molecule has 0 radical (unpaired) electrons. The van der Waals surface area contributed by atoms with Crippen LogP contribution in [-0.4, -0.2) is 31.3 Å². The average molecular weight is 383 g/mol. The number of rotatable bonds is 4. The van der Waals surface area contributed by atoms with Gasteiger partial charge in [-0.1, -0.05) is 30.3 Å². The standard InChI is InChI=1S/C23H21N5O/c1-15-16(2)28(18-9-11-19(29-3)12-10-18)22-21(15)23-25-20(26-27(23)14-24-22)13-17-7-5-4-6-8-17/h4-12,14H,13H2,1-3H3. The molecule has 0 aliphatic rings. The number of benzene rings is 2. The van der Waals surface area contributed by atoms with Crippen LogP contribution in [0.3, 0.4) is 0 Å². The van der Waals surface area contributed by atoms with Crippen LogP contribution in [0.2, 0.25) is 0 Å². The van der Waals surface area contributed by atoms with E-state index in [1.54, 1.807) is 18.0 Å². The fourth-order valence-electron chi connectivity index (χ4n) is 3.81. The molecular weight excluding hydrogens is 362 g/mol. The Hall–Kier alpha value is -3.67. The summed E-state index contributed by atoms with van der Waals surface area (Å²) in [5, 5.41) is 5.69. The summed E-state index contributed by atoms with van der Waals surface area (Å²) in [4.78, 5) is 9.57. The van der Waals surface area contributed by atoms with E-state index in [0.717, 1.165) is 45.2 Å². The molecule has 6 heteroatoms. The first kappa shape index (κ1) is 17.4. The highest BCUT2D eigenvalue weighted by molar-refractivity contribution is 5.95. The van der Waals surface area contributed by atoms with Gasteiger partial charge in [0.05, 0.1) is 12.5 Å². The highest BCUT2D eigenvalue weighted by Crippen LogP contribution is 2.30. The summed E-state index contributed by atoms with van der Waals surface area (Å²) in [6.45, 7) is 4.23. The summed E-state index contributed by atoms with van der Waals surface area (Å²) in [6.07, 6.45) is 2.44. The van der Waals surface area contributed by atoms with Gasteiger partial charge in [-0.3, -0.25) is 4.57 Å². The van der Waals surface area contributed by atoms with Gasteiger partial charge in [-0.15, -0.1) is 5.10 Å². The van der Waals surface area contributed by atoms with Gasteiger partial charge in [0.2, 0.25) is 0 Å².